The third kappa shape index (κ3) is 3.26. The third-order valence-electron chi connectivity index (χ3n) is 3.16. The Labute approximate surface area is 118 Å². The maximum Gasteiger partial charge on any atom is 0.248 e. The summed E-state index contributed by atoms with van der Waals surface area (Å²) < 4.78 is 0. The summed E-state index contributed by atoms with van der Waals surface area (Å²) in [6.07, 6.45) is 2.58. The van der Waals surface area contributed by atoms with E-state index >= 15 is 0 Å². The molecule has 0 radical (unpaired) electrons. The van der Waals surface area contributed by atoms with Crippen molar-refractivity contribution in [2.45, 2.75) is 6.42 Å². The third-order valence-corrected chi connectivity index (χ3v) is 3.16. The van der Waals surface area contributed by atoms with Crippen LogP contribution in [0.3, 0.4) is 0 Å². The van der Waals surface area contributed by atoms with Crippen molar-refractivity contribution in [1.29, 1.82) is 0 Å². The van der Waals surface area contributed by atoms with Gasteiger partial charge in [-0.3, -0.25) is 9.78 Å². The summed E-state index contributed by atoms with van der Waals surface area (Å²) in [5.74, 6) is -0.454. The molecule has 0 fully saturated rings. The van der Waals surface area contributed by atoms with Crippen LogP contribution in [0.4, 0.5) is 11.4 Å². The summed E-state index contributed by atoms with van der Waals surface area (Å²) >= 11 is 0. The van der Waals surface area contributed by atoms with E-state index < -0.39 is 5.91 Å². The van der Waals surface area contributed by atoms with Gasteiger partial charge in [0.2, 0.25) is 5.91 Å². The Hall–Kier alpha value is -2.56. The first-order valence-electron chi connectivity index (χ1n) is 6.38. The minimum atomic E-state index is -0.454. The molecule has 1 heterocycles. The van der Waals surface area contributed by atoms with Gasteiger partial charge in [0.05, 0.1) is 11.4 Å². The molecule has 104 valence electrons. The van der Waals surface area contributed by atoms with Crippen molar-refractivity contribution in [1.82, 2.24) is 4.98 Å². The summed E-state index contributed by atoms with van der Waals surface area (Å²) in [6, 6.07) is 10.9. The molecule has 0 aliphatic heterocycles. The number of nitrogen functional groups attached to an aromatic ring is 1. The molecule has 5 nitrogen and oxygen atoms in total. The molecule has 2 aromatic rings. The van der Waals surface area contributed by atoms with Gasteiger partial charge in [-0.25, -0.2) is 0 Å². The van der Waals surface area contributed by atoms with Gasteiger partial charge < -0.3 is 16.4 Å². The van der Waals surface area contributed by atoms with Crippen LogP contribution in [0.1, 0.15) is 16.1 Å². The summed E-state index contributed by atoms with van der Waals surface area (Å²) in [6.45, 7) is 0.753. The van der Waals surface area contributed by atoms with Crippen LogP contribution in [0.15, 0.2) is 42.6 Å². The highest BCUT2D eigenvalue weighted by Crippen LogP contribution is 2.23. The van der Waals surface area contributed by atoms with E-state index in [1.54, 1.807) is 24.4 Å². The Morgan fingerprint density at radius 3 is 2.75 bits per heavy atom. The molecule has 1 amide bonds. The molecule has 1 aromatic carbocycles. The monoisotopic (exact) mass is 270 g/mol. The van der Waals surface area contributed by atoms with E-state index in [-0.39, 0.29) is 0 Å². The van der Waals surface area contributed by atoms with Crippen molar-refractivity contribution in [3.63, 3.8) is 0 Å². The number of hydrogen-bond acceptors (Lipinski definition) is 4. The molecule has 0 spiro atoms. The number of amides is 1. The van der Waals surface area contributed by atoms with E-state index in [0.717, 1.165) is 24.3 Å². The molecular formula is C15H18N4O. The lowest BCUT2D eigenvalue weighted by Crippen LogP contribution is -2.22. The van der Waals surface area contributed by atoms with E-state index in [4.69, 9.17) is 11.5 Å². The van der Waals surface area contributed by atoms with Crippen molar-refractivity contribution in [2.75, 3.05) is 24.2 Å². The average molecular weight is 270 g/mol. The maximum atomic E-state index is 11.2. The zero-order chi connectivity index (χ0) is 14.5. The summed E-state index contributed by atoms with van der Waals surface area (Å²) in [5.41, 5.74) is 14.1. The van der Waals surface area contributed by atoms with Gasteiger partial charge in [-0.2, -0.15) is 0 Å². The number of aromatic nitrogens is 1. The molecule has 0 saturated carbocycles. The Balaban J connectivity index is 2.10. The van der Waals surface area contributed by atoms with Crippen LogP contribution in [0.2, 0.25) is 0 Å². The molecule has 1 aromatic heterocycles. The smallest absolute Gasteiger partial charge is 0.248 e. The van der Waals surface area contributed by atoms with Gasteiger partial charge in [0, 0.05) is 37.5 Å². The molecular weight excluding hydrogens is 252 g/mol. The van der Waals surface area contributed by atoms with E-state index in [1.807, 2.05) is 30.1 Å². The predicted octanol–water partition coefficient (Wildman–Crippen LogP) is 1.44. The molecule has 0 atom stereocenters. The number of likely N-dealkylation sites (N-methyl/N-ethyl adjacent to an activating group) is 1. The zero-order valence-corrected chi connectivity index (χ0v) is 11.4. The van der Waals surface area contributed by atoms with Crippen LogP contribution in [0, 0.1) is 0 Å². The molecule has 2 rings (SSSR count). The molecule has 20 heavy (non-hydrogen) atoms. The average Bonchev–Trinajstić information content (AvgIpc) is 2.46. The molecule has 0 bridgehead atoms. The second-order valence-corrected chi connectivity index (χ2v) is 4.63. The fourth-order valence-corrected chi connectivity index (χ4v) is 1.98. The van der Waals surface area contributed by atoms with Crippen molar-refractivity contribution >= 4 is 17.3 Å². The Bertz CT molecular complexity index is 598. The molecule has 0 saturated heterocycles. The number of carbonyl (C=O) groups is 1. The second-order valence-electron chi connectivity index (χ2n) is 4.63. The Kier molecular flexibility index (Phi) is 4.20. The van der Waals surface area contributed by atoms with Gasteiger partial charge in [-0.05, 0) is 30.3 Å². The molecule has 5 heteroatoms. The highest BCUT2D eigenvalue weighted by molar-refractivity contribution is 5.95. The number of nitrogens with two attached hydrogens (primary N) is 2. The van der Waals surface area contributed by atoms with Crippen LogP contribution in [0.5, 0.6) is 0 Å². The summed E-state index contributed by atoms with van der Waals surface area (Å²) in [4.78, 5) is 17.5. The lowest BCUT2D eigenvalue weighted by atomic mass is 10.1. The number of carbonyl (C=O) groups excluding carboxylic acids is 1. The number of rotatable bonds is 5. The number of anilines is 2. The van der Waals surface area contributed by atoms with E-state index in [2.05, 4.69) is 4.98 Å². The van der Waals surface area contributed by atoms with Gasteiger partial charge in [0.1, 0.15) is 0 Å². The lowest BCUT2D eigenvalue weighted by molar-refractivity contribution is 0.100. The number of pyridine rings is 1. The highest BCUT2D eigenvalue weighted by atomic mass is 16.1. The fourth-order valence-electron chi connectivity index (χ4n) is 1.98. The van der Waals surface area contributed by atoms with Crippen LogP contribution >= 0.6 is 0 Å². The number of hydrogen-bond donors (Lipinski definition) is 2. The summed E-state index contributed by atoms with van der Waals surface area (Å²) in [5, 5.41) is 0. The van der Waals surface area contributed by atoms with Crippen molar-refractivity contribution in [3.8, 4) is 0 Å². The largest absolute Gasteiger partial charge is 0.397 e. The van der Waals surface area contributed by atoms with Crippen molar-refractivity contribution in [2.24, 2.45) is 5.73 Å². The van der Waals surface area contributed by atoms with E-state index in [1.165, 1.54) is 0 Å². The fraction of sp³-hybridized carbons (Fsp3) is 0.200. The lowest BCUT2D eigenvalue weighted by Gasteiger charge is -2.21. The first kappa shape index (κ1) is 13.9. The molecule has 0 aliphatic rings. The van der Waals surface area contributed by atoms with Gasteiger partial charge in [-0.1, -0.05) is 6.07 Å². The topological polar surface area (TPSA) is 85.2 Å². The first-order chi connectivity index (χ1) is 9.58. The minimum absolute atomic E-state index is 0.454. The van der Waals surface area contributed by atoms with Crippen molar-refractivity contribution in [3.05, 3.63) is 53.9 Å². The standard InChI is InChI=1S/C15H18N4O/c1-19(9-7-12-4-2-3-8-18-12)14-10-11(15(17)20)5-6-13(14)16/h2-6,8,10H,7,9,16H2,1H3,(H2,17,20). The number of nitrogens with zero attached hydrogens (tertiary/aromatic N) is 2. The Morgan fingerprint density at radius 2 is 2.10 bits per heavy atom. The molecule has 0 unspecified atom stereocenters. The maximum absolute atomic E-state index is 11.2. The van der Waals surface area contributed by atoms with Crippen molar-refractivity contribution < 1.29 is 4.79 Å². The highest BCUT2D eigenvalue weighted by Gasteiger charge is 2.09. The van der Waals surface area contributed by atoms with E-state index in [0.29, 0.717) is 11.3 Å². The van der Waals surface area contributed by atoms with Gasteiger partial charge in [0.15, 0.2) is 0 Å². The van der Waals surface area contributed by atoms with Crippen LogP contribution in [-0.2, 0) is 6.42 Å². The van der Waals surface area contributed by atoms with Gasteiger partial charge >= 0.3 is 0 Å². The quantitative estimate of drug-likeness (QED) is 0.805. The van der Waals surface area contributed by atoms with Gasteiger partial charge in [-0.15, -0.1) is 0 Å². The van der Waals surface area contributed by atoms with Crippen LogP contribution < -0.4 is 16.4 Å². The second kappa shape index (κ2) is 6.06. The molecule has 4 N–H and O–H groups in total. The van der Waals surface area contributed by atoms with Crippen LogP contribution in [-0.4, -0.2) is 24.5 Å². The number of primary amides is 1. The van der Waals surface area contributed by atoms with E-state index in [9.17, 15) is 4.79 Å². The number of benzene rings is 1. The Morgan fingerprint density at radius 1 is 1.30 bits per heavy atom. The predicted molar refractivity (Wildman–Crippen MR) is 80.6 cm³/mol. The normalized spacial score (nSPS) is 10.2. The SMILES string of the molecule is CN(CCc1ccccn1)c1cc(C(N)=O)ccc1N. The van der Waals surface area contributed by atoms with Gasteiger partial charge in [0.25, 0.3) is 0 Å². The first-order valence-corrected chi connectivity index (χ1v) is 6.38. The minimum Gasteiger partial charge on any atom is -0.397 e. The van der Waals surface area contributed by atoms with Crippen LogP contribution in [0.25, 0.3) is 0 Å². The summed E-state index contributed by atoms with van der Waals surface area (Å²) in [7, 11) is 1.93. The zero-order valence-electron chi connectivity index (χ0n) is 11.4. The molecule has 0 aliphatic carbocycles.